The highest BCUT2D eigenvalue weighted by molar-refractivity contribution is 5.82. The van der Waals surface area contributed by atoms with E-state index in [9.17, 15) is 0 Å². The van der Waals surface area contributed by atoms with Gasteiger partial charge in [0, 0.05) is 17.1 Å². The highest BCUT2D eigenvalue weighted by Crippen LogP contribution is 2.20. The van der Waals surface area contributed by atoms with Gasteiger partial charge in [-0.2, -0.15) is 0 Å². The number of rotatable bonds is 2. The lowest BCUT2D eigenvalue weighted by atomic mass is 10.2. The Bertz CT molecular complexity index is 491. The number of methoxy groups -OCH3 is 1. The molecule has 0 fully saturated rings. The first-order valence-electron chi connectivity index (χ1n) is 4.76. The van der Waals surface area contributed by atoms with Gasteiger partial charge in [0.2, 0.25) is 0 Å². The topological polar surface area (TPSA) is 61.0 Å². The van der Waals surface area contributed by atoms with Crippen molar-refractivity contribution in [2.45, 2.75) is 13.5 Å². The first kappa shape index (κ1) is 9.86. The molecule has 0 saturated heterocycles. The van der Waals surface area contributed by atoms with Gasteiger partial charge in [-0.25, -0.2) is 9.97 Å². The van der Waals surface area contributed by atoms with Gasteiger partial charge in [0.1, 0.15) is 11.6 Å². The van der Waals surface area contributed by atoms with E-state index in [4.69, 9.17) is 10.5 Å². The number of aromatic nitrogens is 2. The molecular formula is C11H13N3O. The van der Waals surface area contributed by atoms with E-state index in [1.54, 1.807) is 7.11 Å². The number of hydrogen-bond acceptors (Lipinski definition) is 4. The third-order valence-electron chi connectivity index (χ3n) is 2.32. The van der Waals surface area contributed by atoms with Crippen LogP contribution in [0.1, 0.15) is 11.5 Å². The van der Waals surface area contributed by atoms with Crippen LogP contribution in [-0.2, 0) is 6.54 Å². The lowest BCUT2D eigenvalue weighted by molar-refractivity contribution is 0.415. The average molecular weight is 203 g/mol. The molecule has 0 unspecified atom stereocenters. The van der Waals surface area contributed by atoms with Crippen molar-refractivity contribution in [1.82, 2.24) is 9.97 Å². The van der Waals surface area contributed by atoms with Gasteiger partial charge in [0.05, 0.1) is 19.2 Å². The number of nitrogens with two attached hydrogens (primary N) is 1. The van der Waals surface area contributed by atoms with Crippen LogP contribution in [0.3, 0.4) is 0 Å². The fraction of sp³-hybridized carbons (Fsp3) is 0.273. The molecule has 0 atom stereocenters. The predicted molar refractivity (Wildman–Crippen MR) is 58.7 cm³/mol. The number of hydrogen-bond donors (Lipinski definition) is 1. The molecule has 4 heteroatoms. The first-order valence-corrected chi connectivity index (χ1v) is 4.76. The van der Waals surface area contributed by atoms with Crippen LogP contribution in [0.15, 0.2) is 18.2 Å². The van der Waals surface area contributed by atoms with Crippen molar-refractivity contribution < 1.29 is 4.74 Å². The Balaban J connectivity index is 2.69. The minimum atomic E-state index is 0.355. The van der Waals surface area contributed by atoms with Crippen LogP contribution < -0.4 is 10.5 Å². The molecule has 2 N–H and O–H groups in total. The van der Waals surface area contributed by atoms with E-state index >= 15 is 0 Å². The van der Waals surface area contributed by atoms with Crippen molar-refractivity contribution in [3.63, 3.8) is 0 Å². The summed E-state index contributed by atoms with van der Waals surface area (Å²) >= 11 is 0. The second-order valence-corrected chi connectivity index (χ2v) is 3.31. The third-order valence-corrected chi connectivity index (χ3v) is 2.32. The average Bonchev–Trinajstić information content (AvgIpc) is 2.28. The molecule has 1 aromatic carbocycles. The van der Waals surface area contributed by atoms with Crippen LogP contribution in [-0.4, -0.2) is 17.1 Å². The van der Waals surface area contributed by atoms with Crippen molar-refractivity contribution >= 4 is 10.9 Å². The Morgan fingerprint density at radius 2 is 2.13 bits per heavy atom. The summed E-state index contributed by atoms with van der Waals surface area (Å²) in [5.74, 6) is 1.46. The van der Waals surface area contributed by atoms with Crippen LogP contribution in [0.25, 0.3) is 10.9 Å². The Kier molecular flexibility index (Phi) is 2.51. The monoisotopic (exact) mass is 203 g/mol. The van der Waals surface area contributed by atoms with Gasteiger partial charge >= 0.3 is 0 Å². The summed E-state index contributed by atoms with van der Waals surface area (Å²) in [4.78, 5) is 8.65. The molecule has 0 amide bonds. The quantitative estimate of drug-likeness (QED) is 0.801. The van der Waals surface area contributed by atoms with E-state index in [0.29, 0.717) is 12.4 Å². The Hall–Kier alpha value is -1.68. The van der Waals surface area contributed by atoms with E-state index in [0.717, 1.165) is 22.3 Å². The molecule has 78 valence electrons. The highest BCUT2D eigenvalue weighted by Gasteiger charge is 2.04. The van der Waals surface area contributed by atoms with Gasteiger partial charge in [0.25, 0.3) is 0 Å². The second kappa shape index (κ2) is 3.82. The van der Waals surface area contributed by atoms with Gasteiger partial charge in [-0.05, 0) is 19.1 Å². The molecule has 1 aromatic heterocycles. The normalized spacial score (nSPS) is 10.6. The van der Waals surface area contributed by atoms with E-state index < -0.39 is 0 Å². The molecular weight excluding hydrogens is 190 g/mol. The van der Waals surface area contributed by atoms with Crippen LogP contribution in [0, 0.1) is 6.92 Å². The highest BCUT2D eigenvalue weighted by atomic mass is 16.5. The molecule has 4 nitrogen and oxygen atoms in total. The molecule has 0 aliphatic rings. The van der Waals surface area contributed by atoms with Crippen LogP contribution in [0.2, 0.25) is 0 Å². The van der Waals surface area contributed by atoms with Crippen molar-refractivity contribution in [2.75, 3.05) is 7.11 Å². The van der Waals surface area contributed by atoms with E-state index in [1.165, 1.54) is 0 Å². The number of benzene rings is 1. The maximum atomic E-state index is 5.52. The Labute approximate surface area is 88.1 Å². The van der Waals surface area contributed by atoms with Gasteiger partial charge < -0.3 is 10.5 Å². The molecule has 2 rings (SSSR count). The van der Waals surface area contributed by atoms with Crippen LogP contribution >= 0.6 is 0 Å². The molecule has 0 spiro atoms. The van der Waals surface area contributed by atoms with Crippen molar-refractivity contribution in [2.24, 2.45) is 5.73 Å². The minimum absolute atomic E-state index is 0.355. The third kappa shape index (κ3) is 1.76. The fourth-order valence-electron chi connectivity index (χ4n) is 1.55. The van der Waals surface area contributed by atoms with Crippen molar-refractivity contribution in [1.29, 1.82) is 0 Å². The van der Waals surface area contributed by atoms with Crippen LogP contribution in [0.4, 0.5) is 0 Å². The molecule has 0 aliphatic carbocycles. The molecule has 0 bridgehead atoms. The standard InChI is InChI=1S/C11H13N3O/c1-7-9-4-3-8(15-2)5-10(9)14-11(6-12)13-7/h3-5H,6,12H2,1-2H3. The number of aryl methyl sites for hydroxylation is 1. The largest absolute Gasteiger partial charge is 0.497 e. The molecule has 15 heavy (non-hydrogen) atoms. The summed E-state index contributed by atoms with van der Waals surface area (Å²) < 4.78 is 5.14. The van der Waals surface area contributed by atoms with Gasteiger partial charge in [-0.3, -0.25) is 0 Å². The number of ether oxygens (including phenoxy) is 1. The van der Waals surface area contributed by atoms with Gasteiger partial charge in [-0.1, -0.05) is 0 Å². The maximum Gasteiger partial charge on any atom is 0.142 e. The fourth-order valence-corrected chi connectivity index (χ4v) is 1.55. The number of nitrogens with zero attached hydrogens (tertiary/aromatic N) is 2. The van der Waals surface area contributed by atoms with E-state index in [1.807, 2.05) is 25.1 Å². The van der Waals surface area contributed by atoms with Crippen molar-refractivity contribution in [3.05, 3.63) is 29.7 Å². The summed E-state index contributed by atoms with van der Waals surface area (Å²) in [5.41, 5.74) is 7.35. The summed E-state index contributed by atoms with van der Waals surface area (Å²) in [6.45, 7) is 2.31. The first-order chi connectivity index (χ1) is 7.24. The SMILES string of the molecule is COc1ccc2c(C)nc(CN)nc2c1. The second-order valence-electron chi connectivity index (χ2n) is 3.31. The van der Waals surface area contributed by atoms with Gasteiger partial charge in [-0.15, -0.1) is 0 Å². The lowest BCUT2D eigenvalue weighted by Crippen LogP contribution is -2.04. The minimum Gasteiger partial charge on any atom is -0.497 e. The Morgan fingerprint density at radius 1 is 1.33 bits per heavy atom. The summed E-state index contributed by atoms with van der Waals surface area (Å²) in [6.07, 6.45) is 0. The molecule has 0 radical (unpaired) electrons. The zero-order valence-electron chi connectivity index (χ0n) is 8.82. The predicted octanol–water partition coefficient (Wildman–Crippen LogP) is 1.41. The zero-order chi connectivity index (χ0) is 10.8. The molecule has 1 heterocycles. The molecule has 0 saturated carbocycles. The summed E-state index contributed by atoms with van der Waals surface area (Å²) in [6, 6.07) is 5.76. The smallest absolute Gasteiger partial charge is 0.142 e. The van der Waals surface area contributed by atoms with E-state index in [-0.39, 0.29) is 0 Å². The summed E-state index contributed by atoms with van der Waals surface area (Å²) in [7, 11) is 1.64. The maximum absolute atomic E-state index is 5.52. The van der Waals surface area contributed by atoms with Gasteiger partial charge in [0.15, 0.2) is 0 Å². The zero-order valence-corrected chi connectivity index (χ0v) is 8.82. The van der Waals surface area contributed by atoms with Crippen LogP contribution in [0.5, 0.6) is 5.75 Å². The Morgan fingerprint density at radius 3 is 2.80 bits per heavy atom. The summed E-state index contributed by atoms with van der Waals surface area (Å²) in [5, 5.41) is 1.04. The van der Waals surface area contributed by atoms with E-state index in [2.05, 4.69) is 9.97 Å². The lowest BCUT2D eigenvalue weighted by Gasteiger charge is -2.05. The van der Waals surface area contributed by atoms with Crippen molar-refractivity contribution in [3.8, 4) is 5.75 Å². The molecule has 0 aliphatic heterocycles. The number of fused-ring (bicyclic) bond motifs is 1. The molecule has 2 aromatic rings.